The number of nitrogens with zero attached hydrogens (tertiary/aromatic N) is 3. The van der Waals surface area contributed by atoms with Gasteiger partial charge < -0.3 is 28.8 Å². The Bertz CT molecular complexity index is 1210. The highest BCUT2D eigenvalue weighted by Gasteiger charge is 2.49. The molecule has 11 heteroatoms. The Morgan fingerprint density at radius 1 is 0.854 bits per heavy atom. The SMILES string of the molecule is CC1O[C@@H](CO)[C@@H](OC2OC(COC(=O)c3ccccc3)C(C)[C@H](C)[C@@H]2N=[N+]=[N-])C(C)C1OC(=O)c1ccccc1. The van der Waals surface area contributed by atoms with Crippen LogP contribution in [-0.4, -0.2) is 73.1 Å². The molecule has 2 saturated heterocycles. The fraction of sp³-hybridized carbons (Fsp3) is 0.533. The molecule has 2 fully saturated rings. The van der Waals surface area contributed by atoms with Gasteiger partial charge in [-0.3, -0.25) is 0 Å². The van der Waals surface area contributed by atoms with E-state index in [1.54, 1.807) is 55.5 Å². The van der Waals surface area contributed by atoms with Gasteiger partial charge in [-0.25, -0.2) is 9.59 Å². The van der Waals surface area contributed by atoms with E-state index in [0.29, 0.717) is 11.1 Å². The fourth-order valence-electron chi connectivity index (χ4n) is 5.48. The van der Waals surface area contributed by atoms with Crippen LogP contribution in [0.25, 0.3) is 10.4 Å². The molecule has 2 aliphatic heterocycles. The van der Waals surface area contributed by atoms with Gasteiger partial charge in [0.2, 0.25) is 0 Å². The van der Waals surface area contributed by atoms with Crippen molar-refractivity contribution in [2.24, 2.45) is 22.9 Å². The summed E-state index contributed by atoms with van der Waals surface area (Å²) in [4.78, 5) is 28.4. The van der Waals surface area contributed by atoms with Crippen molar-refractivity contribution in [1.29, 1.82) is 0 Å². The van der Waals surface area contributed by atoms with Crippen molar-refractivity contribution in [3.8, 4) is 0 Å². The first-order valence-corrected chi connectivity index (χ1v) is 13.8. The van der Waals surface area contributed by atoms with E-state index in [1.165, 1.54) is 0 Å². The van der Waals surface area contributed by atoms with Crippen molar-refractivity contribution in [1.82, 2.24) is 0 Å². The van der Waals surface area contributed by atoms with Gasteiger partial charge >= 0.3 is 11.9 Å². The van der Waals surface area contributed by atoms with Crippen molar-refractivity contribution in [2.75, 3.05) is 13.2 Å². The predicted molar refractivity (Wildman–Crippen MR) is 148 cm³/mol. The van der Waals surface area contributed by atoms with Crippen molar-refractivity contribution < 1.29 is 38.4 Å². The van der Waals surface area contributed by atoms with Crippen molar-refractivity contribution >= 4 is 11.9 Å². The molecule has 0 radical (unpaired) electrons. The standard InChI is InChI=1S/C30H37N3O8/c1-17-18(2)25(32-33-31)30(39-24(17)16-37-28(35)21-11-7-5-8-12-21)41-27-19(3)26(20(4)38-23(27)15-34)40-29(36)22-13-9-6-10-14-22/h5-14,17-20,23-27,30,34H,15-16H2,1-4H3/t17?,18-,19?,20?,23-,24?,25-,26?,27-,30?/m0/s1. The summed E-state index contributed by atoms with van der Waals surface area (Å²) in [5.41, 5.74) is 10.1. The van der Waals surface area contributed by atoms with Crippen LogP contribution in [0.3, 0.4) is 0 Å². The summed E-state index contributed by atoms with van der Waals surface area (Å²) < 4.78 is 30.1. The third-order valence-corrected chi connectivity index (χ3v) is 8.09. The molecule has 2 aromatic carbocycles. The minimum absolute atomic E-state index is 0.0312. The number of carbonyl (C=O) groups excluding carboxylic acids is 2. The fourth-order valence-corrected chi connectivity index (χ4v) is 5.48. The maximum atomic E-state index is 12.9. The largest absolute Gasteiger partial charge is 0.459 e. The number of hydrogen-bond acceptors (Lipinski definition) is 9. The van der Waals surface area contributed by atoms with Gasteiger partial charge in [0, 0.05) is 10.8 Å². The first kappa shape index (κ1) is 30.5. The Morgan fingerprint density at radius 3 is 2.05 bits per heavy atom. The molecule has 2 heterocycles. The molecule has 220 valence electrons. The number of aliphatic hydroxyl groups excluding tert-OH is 1. The molecule has 0 bridgehead atoms. The molecule has 0 amide bonds. The van der Waals surface area contributed by atoms with Crippen molar-refractivity contribution in [3.05, 3.63) is 82.2 Å². The number of carbonyl (C=O) groups is 2. The van der Waals surface area contributed by atoms with Crippen LogP contribution in [0, 0.1) is 17.8 Å². The molecule has 41 heavy (non-hydrogen) atoms. The lowest BCUT2D eigenvalue weighted by molar-refractivity contribution is -0.298. The second-order valence-electron chi connectivity index (χ2n) is 10.7. The van der Waals surface area contributed by atoms with E-state index in [-0.39, 0.29) is 25.0 Å². The van der Waals surface area contributed by atoms with Gasteiger partial charge in [0.05, 0.1) is 42.1 Å². The monoisotopic (exact) mass is 567 g/mol. The Balaban J connectivity index is 1.51. The van der Waals surface area contributed by atoms with Gasteiger partial charge in [-0.15, -0.1) is 0 Å². The van der Waals surface area contributed by atoms with Crippen LogP contribution in [-0.2, 0) is 23.7 Å². The van der Waals surface area contributed by atoms with Crippen LogP contribution in [0.2, 0.25) is 0 Å². The highest BCUT2D eigenvalue weighted by Crippen LogP contribution is 2.38. The van der Waals surface area contributed by atoms with Crippen LogP contribution < -0.4 is 0 Å². The Hall–Kier alpha value is -3.47. The number of azide groups is 1. The second kappa shape index (κ2) is 13.9. The molecule has 0 saturated carbocycles. The highest BCUT2D eigenvalue weighted by atomic mass is 16.7. The van der Waals surface area contributed by atoms with Gasteiger partial charge in [-0.05, 0) is 48.6 Å². The van der Waals surface area contributed by atoms with E-state index in [2.05, 4.69) is 10.0 Å². The summed E-state index contributed by atoms with van der Waals surface area (Å²) in [6.45, 7) is 7.11. The number of hydrogen-bond donors (Lipinski definition) is 1. The van der Waals surface area contributed by atoms with E-state index in [4.69, 9.17) is 23.7 Å². The molecule has 2 aliphatic rings. The molecule has 0 aromatic heterocycles. The summed E-state index contributed by atoms with van der Waals surface area (Å²) in [5, 5.41) is 14.1. The molecule has 0 spiro atoms. The van der Waals surface area contributed by atoms with Gasteiger partial charge in [0.1, 0.15) is 18.8 Å². The molecule has 1 N–H and O–H groups in total. The summed E-state index contributed by atoms with van der Waals surface area (Å²) >= 11 is 0. The number of aliphatic hydroxyl groups is 1. The minimum Gasteiger partial charge on any atom is -0.459 e. The number of benzene rings is 2. The second-order valence-corrected chi connectivity index (χ2v) is 10.7. The lowest BCUT2D eigenvalue weighted by Gasteiger charge is -2.48. The zero-order valence-corrected chi connectivity index (χ0v) is 23.6. The van der Waals surface area contributed by atoms with Gasteiger partial charge in [-0.2, -0.15) is 0 Å². The third kappa shape index (κ3) is 7.06. The molecule has 10 atom stereocenters. The number of rotatable bonds is 9. The van der Waals surface area contributed by atoms with Crippen molar-refractivity contribution in [3.63, 3.8) is 0 Å². The first-order valence-electron chi connectivity index (χ1n) is 13.8. The maximum Gasteiger partial charge on any atom is 0.338 e. The van der Waals surface area contributed by atoms with E-state index in [9.17, 15) is 20.2 Å². The Labute approximate surface area is 239 Å². The normalized spacial score (nSPS) is 33.3. The van der Waals surface area contributed by atoms with Crippen LogP contribution in [0.15, 0.2) is 65.8 Å². The average molecular weight is 568 g/mol. The topological polar surface area (TPSA) is 149 Å². The number of ether oxygens (including phenoxy) is 5. The van der Waals surface area contributed by atoms with E-state index in [1.807, 2.05) is 32.9 Å². The number of esters is 2. The maximum absolute atomic E-state index is 12.9. The highest BCUT2D eigenvalue weighted by molar-refractivity contribution is 5.89. The summed E-state index contributed by atoms with van der Waals surface area (Å²) in [7, 11) is 0. The predicted octanol–water partition coefficient (Wildman–Crippen LogP) is 4.55. The van der Waals surface area contributed by atoms with Crippen molar-refractivity contribution in [2.45, 2.75) is 70.5 Å². The third-order valence-electron chi connectivity index (χ3n) is 8.09. The van der Waals surface area contributed by atoms with Gasteiger partial charge in [-0.1, -0.05) is 62.3 Å². The first-order chi connectivity index (χ1) is 19.7. The van der Waals surface area contributed by atoms with E-state index in [0.717, 1.165) is 0 Å². The molecule has 11 nitrogen and oxygen atoms in total. The minimum atomic E-state index is -1.03. The zero-order valence-electron chi connectivity index (χ0n) is 23.6. The van der Waals surface area contributed by atoms with E-state index < -0.39 is 60.7 Å². The molecule has 4 rings (SSSR count). The van der Waals surface area contributed by atoms with Gasteiger partial charge in [0.15, 0.2) is 6.29 Å². The molecular formula is C30H37N3O8. The lowest BCUT2D eigenvalue weighted by Crippen LogP contribution is -2.59. The summed E-state index contributed by atoms with van der Waals surface area (Å²) in [6.07, 6.45) is -4.28. The molecule has 2 aromatic rings. The van der Waals surface area contributed by atoms with Gasteiger partial charge in [0.25, 0.3) is 0 Å². The zero-order chi connectivity index (χ0) is 29.5. The Kier molecular flexibility index (Phi) is 10.4. The lowest BCUT2D eigenvalue weighted by atomic mass is 9.82. The van der Waals surface area contributed by atoms with Crippen LogP contribution in [0.5, 0.6) is 0 Å². The smallest absolute Gasteiger partial charge is 0.338 e. The quantitative estimate of drug-likeness (QED) is 0.201. The van der Waals surface area contributed by atoms with Crippen LogP contribution in [0.4, 0.5) is 0 Å². The van der Waals surface area contributed by atoms with Crippen LogP contribution >= 0.6 is 0 Å². The summed E-state index contributed by atoms with van der Waals surface area (Å²) in [5.74, 6) is -1.72. The van der Waals surface area contributed by atoms with E-state index >= 15 is 0 Å². The summed E-state index contributed by atoms with van der Waals surface area (Å²) in [6, 6.07) is 16.6. The average Bonchev–Trinajstić information content (AvgIpc) is 2.99. The Morgan fingerprint density at radius 2 is 1.46 bits per heavy atom. The van der Waals surface area contributed by atoms with Crippen LogP contribution in [0.1, 0.15) is 48.4 Å². The molecule has 0 aliphatic carbocycles. The molecule has 6 unspecified atom stereocenters. The molecular weight excluding hydrogens is 530 g/mol.